The third-order valence-corrected chi connectivity index (χ3v) is 5.01. The molecular formula is C18H11Cl2N3OS. The highest BCUT2D eigenvalue weighted by atomic mass is 35.5. The number of amides is 1. The number of nitrogens with zero attached hydrogens (tertiary/aromatic N) is 3. The zero-order valence-electron chi connectivity index (χ0n) is 13.0. The maximum atomic E-state index is 12.7. The minimum atomic E-state index is -0.326. The molecule has 1 heterocycles. The number of carbonyl (C=O) groups excluding carboxylic acids is 1. The summed E-state index contributed by atoms with van der Waals surface area (Å²) in [7, 11) is 1.59. The van der Waals surface area contributed by atoms with Crippen molar-refractivity contribution in [3.8, 4) is 16.6 Å². The Hall–Kier alpha value is -2.39. The molecule has 25 heavy (non-hydrogen) atoms. The van der Waals surface area contributed by atoms with Crippen LogP contribution < -0.4 is 4.90 Å². The van der Waals surface area contributed by atoms with E-state index in [9.17, 15) is 10.1 Å². The Morgan fingerprint density at radius 1 is 1.24 bits per heavy atom. The molecule has 0 radical (unpaired) electrons. The quantitative estimate of drug-likeness (QED) is 0.615. The number of halogens is 2. The minimum Gasteiger partial charge on any atom is -0.309 e. The normalized spacial score (nSPS) is 10.3. The first-order chi connectivity index (χ1) is 12.0. The highest BCUT2D eigenvalue weighted by Gasteiger charge is 2.20. The second-order valence-corrected chi connectivity index (χ2v) is 6.86. The van der Waals surface area contributed by atoms with Gasteiger partial charge in [0.05, 0.1) is 16.3 Å². The fraction of sp³-hybridized carbons (Fsp3) is 0.0556. The van der Waals surface area contributed by atoms with Gasteiger partial charge in [0.25, 0.3) is 5.91 Å². The number of hydrogen-bond donors (Lipinski definition) is 0. The van der Waals surface area contributed by atoms with Crippen LogP contribution in [0.3, 0.4) is 0 Å². The fourth-order valence-corrected chi connectivity index (χ4v) is 3.57. The van der Waals surface area contributed by atoms with E-state index >= 15 is 0 Å². The molecule has 0 aliphatic carbocycles. The van der Waals surface area contributed by atoms with Crippen LogP contribution in [0.2, 0.25) is 10.0 Å². The molecule has 0 fully saturated rings. The molecule has 3 rings (SSSR count). The van der Waals surface area contributed by atoms with Gasteiger partial charge in [-0.3, -0.25) is 4.79 Å². The summed E-state index contributed by atoms with van der Waals surface area (Å²) in [6.07, 6.45) is 0. The maximum Gasteiger partial charge on any atom is 0.277 e. The predicted octanol–water partition coefficient (Wildman–Crippen LogP) is 5.27. The number of nitriles is 1. The molecule has 0 aliphatic heterocycles. The fourth-order valence-electron chi connectivity index (χ4n) is 2.29. The standard InChI is InChI=1S/C18H11Cl2N3OS/c1-23(16-8-12(19)7-6-11(16)9-21)18(24)15-10-25-17(22-15)13-4-2-3-5-14(13)20/h2-8,10H,1H3. The Labute approximate surface area is 158 Å². The lowest BCUT2D eigenvalue weighted by atomic mass is 10.1. The van der Waals surface area contributed by atoms with E-state index in [2.05, 4.69) is 11.1 Å². The zero-order chi connectivity index (χ0) is 18.0. The van der Waals surface area contributed by atoms with Crippen molar-refractivity contribution in [2.24, 2.45) is 0 Å². The van der Waals surface area contributed by atoms with Crippen LogP contribution in [0.25, 0.3) is 10.6 Å². The van der Waals surface area contributed by atoms with E-state index in [1.807, 2.05) is 18.2 Å². The molecule has 0 atom stereocenters. The number of carbonyl (C=O) groups is 1. The molecule has 124 valence electrons. The number of aromatic nitrogens is 1. The number of anilines is 1. The smallest absolute Gasteiger partial charge is 0.277 e. The average Bonchev–Trinajstić information content (AvgIpc) is 3.10. The number of rotatable bonds is 3. The molecule has 0 saturated heterocycles. The third-order valence-electron chi connectivity index (χ3n) is 3.57. The molecule has 0 unspecified atom stereocenters. The molecular weight excluding hydrogens is 377 g/mol. The predicted molar refractivity (Wildman–Crippen MR) is 101 cm³/mol. The van der Waals surface area contributed by atoms with E-state index in [0.29, 0.717) is 26.3 Å². The Bertz CT molecular complexity index is 994. The second kappa shape index (κ2) is 7.24. The molecule has 0 bridgehead atoms. The van der Waals surface area contributed by atoms with Crippen molar-refractivity contribution < 1.29 is 4.79 Å². The summed E-state index contributed by atoms with van der Waals surface area (Å²) in [6, 6.07) is 14.2. The summed E-state index contributed by atoms with van der Waals surface area (Å²) in [5, 5.41) is 12.6. The minimum absolute atomic E-state index is 0.284. The van der Waals surface area contributed by atoms with Crippen LogP contribution in [0.15, 0.2) is 47.8 Å². The average molecular weight is 388 g/mol. The van der Waals surface area contributed by atoms with Crippen LogP contribution in [-0.2, 0) is 0 Å². The Balaban J connectivity index is 1.94. The van der Waals surface area contributed by atoms with Gasteiger partial charge in [0, 0.05) is 23.0 Å². The van der Waals surface area contributed by atoms with Gasteiger partial charge in [-0.25, -0.2) is 4.98 Å². The van der Waals surface area contributed by atoms with Crippen molar-refractivity contribution in [2.45, 2.75) is 0 Å². The van der Waals surface area contributed by atoms with Crippen LogP contribution >= 0.6 is 34.5 Å². The van der Waals surface area contributed by atoms with E-state index in [-0.39, 0.29) is 11.6 Å². The highest BCUT2D eigenvalue weighted by Crippen LogP contribution is 2.31. The highest BCUT2D eigenvalue weighted by molar-refractivity contribution is 7.13. The Morgan fingerprint density at radius 2 is 2.00 bits per heavy atom. The molecule has 0 spiro atoms. The number of hydrogen-bond acceptors (Lipinski definition) is 4. The lowest BCUT2D eigenvalue weighted by molar-refractivity contribution is 0.0989. The van der Waals surface area contributed by atoms with Crippen LogP contribution in [0.1, 0.15) is 16.1 Å². The van der Waals surface area contributed by atoms with Crippen molar-refractivity contribution in [1.29, 1.82) is 5.26 Å². The molecule has 1 amide bonds. The van der Waals surface area contributed by atoms with Gasteiger partial charge in [0.15, 0.2) is 0 Å². The van der Waals surface area contributed by atoms with Crippen molar-refractivity contribution in [1.82, 2.24) is 4.98 Å². The summed E-state index contributed by atoms with van der Waals surface area (Å²) in [5.41, 5.74) is 1.86. The molecule has 1 aromatic heterocycles. The molecule has 2 aromatic carbocycles. The summed E-state index contributed by atoms with van der Waals surface area (Å²) < 4.78 is 0. The molecule has 7 heteroatoms. The second-order valence-electron chi connectivity index (χ2n) is 5.16. The van der Waals surface area contributed by atoms with Crippen LogP contribution in [0.4, 0.5) is 5.69 Å². The third kappa shape index (κ3) is 3.52. The number of thiazole rings is 1. The van der Waals surface area contributed by atoms with Crippen molar-refractivity contribution >= 4 is 46.1 Å². The van der Waals surface area contributed by atoms with Crippen molar-refractivity contribution in [3.63, 3.8) is 0 Å². The summed E-state index contributed by atoms with van der Waals surface area (Å²) in [5.74, 6) is -0.326. The first-order valence-corrected chi connectivity index (χ1v) is 8.83. The zero-order valence-corrected chi connectivity index (χ0v) is 15.4. The van der Waals surface area contributed by atoms with Gasteiger partial charge in [0.1, 0.15) is 16.8 Å². The Morgan fingerprint density at radius 3 is 2.72 bits per heavy atom. The van der Waals surface area contributed by atoms with Gasteiger partial charge < -0.3 is 4.90 Å². The van der Waals surface area contributed by atoms with E-state index in [1.54, 1.807) is 36.7 Å². The van der Waals surface area contributed by atoms with E-state index in [0.717, 1.165) is 5.56 Å². The van der Waals surface area contributed by atoms with E-state index in [4.69, 9.17) is 23.2 Å². The van der Waals surface area contributed by atoms with Crippen molar-refractivity contribution in [2.75, 3.05) is 11.9 Å². The lowest BCUT2D eigenvalue weighted by Gasteiger charge is -2.17. The van der Waals surface area contributed by atoms with E-state index < -0.39 is 0 Å². The van der Waals surface area contributed by atoms with Crippen LogP contribution in [0, 0.1) is 11.3 Å². The molecule has 0 aliphatic rings. The summed E-state index contributed by atoms with van der Waals surface area (Å²) in [6.45, 7) is 0. The van der Waals surface area contributed by atoms with Crippen LogP contribution in [0.5, 0.6) is 0 Å². The topological polar surface area (TPSA) is 57.0 Å². The summed E-state index contributed by atoms with van der Waals surface area (Å²) in [4.78, 5) is 18.5. The molecule has 3 aromatic rings. The first kappa shape index (κ1) is 17.4. The van der Waals surface area contributed by atoms with Crippen LogP contribution in [-0.4, -0.2) is 17.9 Å². The van der Waals surface area contributed by atoms with Crippen molar-refractivity contribution in [3.05, 3.63) is 69.1 Å². The number of benzene rings is 2. The first-order valence-electron chi connectivity index (χ1n) is 7.19. The summed E-state index contributed by atoms with van der Waals surface area (Å²) >= 11 is 13.5. The Kier molecular flexibility index (Phi) is 5.05. The van der Waals surface area contributed by atoms with E-state index in [1.165, 1.54) is 16.2 Å². The van der Waals surface area contributed by atoms with Gasteiger partial charge in [-0.1, -0.05) is 41.4 Å². The van der Waals surface area contributed by atoms with Gasteiger partial charge in [-0.15, -0.1) is 11.3 Å². The van der Waals surface area contributed by atoms with Gasteiger partial charge >= 0.3 is 0 Å². The SMILES string of the molecule is CN(C(=O)c1csc(-c2ccccc2Cl)n1)c1cc(Cl)ccc1C#N. The molecule has 0 N–H and O–H groups in total. The van der Waals surface area contributed by atoms with Gasteiger partial charge in [-0.05, 0) is 24.3 Å². The lowest BCUT2D eigenvalue weighted by Crippen LogP contribution is -2.27. The van der Waals surface area contributed by atoms with Gasteiger partial charge in [0.2, 0.25) is 0 Å². The monoisotopic (exact) mass is 387 g/mol. The van der Waals surface area contributed by atoms with Gasteiger partial charge in [-0.2, -0.15) is 5.26 Å². The molecule has 0 saturated carbocycles. The largest absolute Gasteiger partial charge is 0.309 e. The maximum absolute atomic E-state index is 12.7. The molecule has 4 nitrogen and oxygen atoms in total.